The maximum absolute atomic E-state index is 11.2. The minimum absolute atomic E-state index is 0.159. The van der Waals surface area contributed by atoms with Crippen LogP contribution >= 0.6 is 0 Å². The molecule has 10 atom stereocenters. The third-order valence-corrected chi connectivity index (χ3v) is 9.83. The SMILES string of the molecule is C[C@H](CC#N)[C@H]1CC[C@H]2[C@@H]3C(O)C[C@@H]4C[C@H](O)CC[C@]4(C)[C@H]3CC[C@]12C. The first-order valence-electron chi connectivity index (χ1n) is 11.0. The molecule has 0 bridgehead atoms. The van der Waals surface area contributed by atoms with Crippen LogP contribution in [0.4, 0.5) is 0 Å². The van der Waals surface area contributed by atoms with Gasteiger partial charge in [-0.15, -0.1) is 0 Å². The van der Waals surface area contributed by atoms with E-state index < -0.39 is 0 Å². The smallest absolute Gasteiger partial charge is 0.0624 e. The van der Waals surface area contributed by atoms with Gasteiger partial charge in [-0.1, -0.05) is 20.8 Å². The molecule has 4 rings (SSSR count). The van der Waals surface area contributed by atoms with Gasteiger partial charge in [0.2, 0.25) is 0 Å². The van der Waals surface area contributed by atoms with Crippen molar-refractivity contribution in [3.8, 4) is 6.07 Å². The number of nitrogens with zero attached hydrogens (tertiary/aromatic N) is 1. The average Bonchev–Trinajstić information content (AvgIpc) is 2.94. The number of nitriles is 1. The van der Waals surface area contributed by atoms with Crippen LogP contribution in [0, 0.1) is 57.7 Å². The van der Waals surface area contributed by atoms with Gasteiger partial charge in [0.05, 0.1) is 18.3 Å². The molecule has 0 spiro atoms. The second-order valence-corrected chi connectivity index (χ2v) is 10.8. The summed E-state index contributed by atoms with van der Waals surface area (Å²) in [7, 11) is 0. The third kappa shape index (κ3) is 2.59. The molecule has 0 amide bonds. The van der Waals surface area contributed by atoms with E-state index in [9.17, 15) is 15.5 Å². The van der Waals surface area contributed by atoms with Gasteiger partial charge < -0.3 is 10.2 Å². The van der Waals surface area contributed by atoms with Gasteiger partial charge in [0.15, 0.2) is 0 Å². The first kappa shape index (κ1) is 18.8. The van der Waals surface area contributed by atoms with Crippen molar-refractivity contribution in [1.82, 2.24) is 0 Å². The Morgan fingerprint density at radius 2 is 1.69 bits per heavy atom. The number of rotatable bonds is 2. The molecule has 3 nitrogen and oxygen atoms in total. The summed E-state index contributed by atoms with van der Waals surface area (Å²) in [6.45, 7) is 7.22. The topological polar surface area (TPSA) is 64.2 Å². The first-order chi connectivity index (χ1) is 12.3. The van der Waals surface area contributed by atoms with Crippen molar-refractivity contribution < 1.29 is 10.2 Å². The predicted molar refractivity (Wildman–Crippen MR) is 102 cm³/mol. The van der Waals surface area contributed by atoms with Crippen molar-refractivity contribution in [2.24, 2.45) is 46.3 Å². The lowest BCUT2D eigenvalue weighted by molar-refractivity contribution is -0.174. The maximum atomic E-state index is 11.2. The Bertz CT molecular complexity index is 585. The van der Waals surface area contributed by atoms with Gasteiger partial charge in [0, 0.05) is 6.42 Å². The molecule has 4 saturated carbocycles. The van der Waals surface area contributed by atoms with E-state index in [0.717, 1.165) is 25.7 Å². The van der Waals surface area contributed by atoms with Crippen LogP contribution in [0.2, 0.25) is 0 Å². The lowest BCUT2D eigenvalue weighted by Gasteiger charge is -2.62. The van der Waals surface area contributed by atoms with E-state index in [1.807, 2.05) is 0 Å². The van der Waals surface area contributed by atoms with Crippen LogP contribution in [0.3, 0.4) is 0 Å². The summed E-state index contributed by atoms with van der Waals surface area (Å²) in [5.41, 5.74) is 0.608. The molecular formula is C23H37NO2. The molecule has 4 fully saturated rings. The van der Waals surface area contributed by atoms with Gasteiger partial charge >= 0.3 is 0 Å². The molecule has 0 aromatic heterocycles. The van der Waals surface area contributed by atoms with E-state index in [-0.39, 0.29) is 12.2 Å². The van der Waals surface area contributed by atoms with Crippen molar-refractivity contribution >= 4 is 0 Å². The van der Waals surface area contributed by atoms with Crippen molar-refractivity contribution in [1.29, 1.82) is 5.26 Å². The maximum Gasteiger partial charge on any atom is 0.0624 e. The first-order valence-corrected chi connectivity index (χ1v) is 11.0. The molecule has 0 aliphatic heterocycles. The van der Waals surface area contributed by atoms with Crippen LogP contribution < -0.4 is 0 Å². The Hall–Kier alpha value is -0.590. The minimum Gasteiger partial charge on any atom is -0.393 e. The summed E-state index contributed by atoms with van der Waals surface area (Å²) < 4.78 is 0. The van der Waals surface area contributed by atoms with Gasteiger partial charge in [-0.05, 0) is 97.7 Å². The van der Waals surface area contributed by atoms with Gasteiger partial charge in [-0.3, -0.25) is 0 Å². The van der Waals surface area contributed by atoms with Gasteiger partial charge in [-0.2, -0.15) is 5.26 Å². The van der Waals surface area contributed by atoms with Gasteiger partial charge in [0.1, 0.15) is 0 Å². The fourth-order valence-corrected chi connectivity index (χ4v) is 8.46. The molecule has 0 saturated heterocycles. The summed E-state index contributed by atoms with van der Waals surface area (Å²) in [6.07, 6.45) is 9.12. The number of hydrogen-bond donors (Lipinski definition) is 2. The van der Waals surface area contributed by atoms with Crippen molar-refractivity contribution in [3.05, 3.63) is 0 Å². The standard InChI is InChI=1S/C23H37NO2/c1-14(8-11-24)17-4-5-18-21-19(7-10-23(17,18)3)22(2)9-6-16(25)12-15(22)13-20(21)26/h14-21,25-26H,4-10,12-13H2,1-3H3/t14-,15+,16-,17-,18+,19+,20?,21+,22+,23-/m1/s1. The largest absolute Gasteiger partial charge is 0.393 e. The predicted octanol–water partition coefficient (Wildman–Crippen LogP) is 4.53. The number of fused-ring (bicyclic) bond motifs is 5. The molecule has 0 aromatic carbocycles. The van der Waals surface area contributed by atoms with Crippen molar-refractivity contribution in [2.45, 2.75) is 90.8 Å². The Balaban J connectivity index is 1.62. The molecule has 26 heavy (non-hydrogen) atoms. The van der Waals surface area contributed by atoms with E-state index in [4.69, 9.17) is 0 Å². The lowest BCUT2D eigenvalue weighted by atomic mass is 9.43. The summed E-state index contributed by atoms with van der Waals surface area (Å²) in [5, 5.41) is 30.6. The zero-order chi connectivity index (χ0) is 18.7. The highest BCUT2D eigenvalue weighted by Gasteiger charge is 2.62. The zero-order valence-corrected chi connectivity index (χ0v) is 16.8. The second-order valence-electron chi connectivity index (χ2n) is 10.8. The summed E-state index contributed by atoms with van der Waals surface area (Å²) in [6, 6.07) is 2.40. The van der Waals surface area contributed by atoms with Crippen LogP contribution in [0.15, 0.2) is 0 Å². The van der Waals surface area contributed by atoms with Crippen molar-refractivity contribution in [2.75, 3.05) is 0 Å². The van der Waals surface area contributed by atoms with Crippen molar-refractivity contribution in [3.63, 3.8) is 0 Å². The normalized spacial score (nSPS) is 54.5. The fraction of sp³-hybridized carbons (Fsp3) is 0.957. The highest BCUT2D eigenvalue weighted by atomic mass is 16.3. The minimum atomic E-state index is -0.196. The Morgan fingerprint density at radius 3 is 2.42 bits per heavy atom. The molecule has 0 aromatic rings. The number of aliphatic hydroxyl groups excluding tert-OH is 2. The van der Waals surface area contributed by atoms with E-state index in [2.05, 4.69) is 26.8 Å². The number of aliphatic hydroxyl groups is 2. The molecule has 146 valence electrons. The monoisotopic (exact) mass is 359 g/mol. The second kappa shape index (κ2) is 6.49. The quantitative estimate of drug-likeness (QED) is 0.761. The van der Waals surface area contributed by atoms with Crippen LogP contribution in [0.25, 0.3) is 0 Å². The highest BCUT2D eigenvalue weighted by molar-refractivity contribution is 5.12. The Kier molecular flexibility index (Phi) is 4.68. The molecule has 4 aliphatic rings. The fourth-order valence-electron chi connectivity index (χ4n) is 8.46. The van der Waals surface area contributed by atoms with Crippen LogP contribution in [0.1, 0.15) is 78.6 Å². The molecule has 3 heteroatoms. The highest BCUT2D eigenvalue weighted by Crippen LogP contribution is 2.68. The lowest BCUT2D eigenvalue weighted by Crippen LogP contribution is -2.58. The van der Waals surface area contributed by atoms with E-state index in [1.54, 1.807) is 0 Å². The molecular weight excluding hydrogens is 322 g/mol. The van der Waals surface area contributed by atoms with E-state index in [1.165, 1.54) is 25.7 Å². The molecule has 4 aliphatic carbocycles. The Morgan fingerprint density at radius 1 is 1.00 bits per heavy atom. The van der Waals surface area contributed by atoms with E-state index in [0.29, 0.717) is 52.8 Å². The molecule has 0 radical (unpaired) electrons. The summed E-state index contributed by atoms with van der Waals surface area (Å²) >= 11 is 0. The molecule has 1 unspecified atom stereocenters. The van der Waals surface area contributed by atoms with Gasteiger partial charge in [-0.25, -0.2) is 0 Å². The van der Waals surface area contributed by atoms with Gasteiger partial charge in [0.25, 0.3) is 0 Å². The average molecular weight is 360 g/mol. The van der Waals surface area contributed by atoms with Crippen LogP contribution in [-0.2, 0) is 0 Å². The molecule has 0 heterocycles. The Labute approximate surface area is 159 Å². The summed E-state index contributed by atoms with van der Waals surface area (Å²) in [5.74, 6) is 3.27. The number of hydrogen-bond acceptors (Lipinski definition) is 3. The van der Waals surface area contributed by atoms with Crippen LogP contribution in [-0.4, -0.2) is 22.4 Å². The van der Waals surface area contributed by atoms with E-state index >= 15 is 0 Å². The molecule has 2 N–H and O–H groups in total. The van der Waals surface area contributed by atoms with Crippen LogP contribution in [0.5, 0.6) is 0 Å². The zero-order valence-electron chi connectivity index (χ0n) is 16.8. The third-order valence-electron chi connectivity index (χ3n) is 9.83. The summed E-state index contributed by atoms with van der Waals surface area (Å²) in [4.78, 5) is 0.